The van der Waals surface area contributed by atoms with Crippen molar-refractivity contribution in [1.82, 2.24) is 0 Å². The molecule has 3 aromatic rings. The summed E-state index contributed by atoms with van der Waals surface area (Å²) in [4.78, 5) is 11.7. The Hall–Kier alpha value is -2.53. The van der Waals surface area contributed by atoms with Crippen molar-refractivity contribution >= 4 is 27.4 Å². The lowest BCUT2D eigenvalue weighted by Crippen LogP contribution is -1.95. The molecular formula is C17H14O4S. The molecule has 0 radical (unpaired) electrons. The lowest BCUT2D eigenvalue weighted by molar-refractivity contribution is 0.0700. The Kier molecular flexibility index (Phi) is 3.73. The average Bonchev–Trinajstić information content (AvgIpc) is 2.85. The third-order valence-electron chi connectivity index (χ3n) is 3.32. The summed E-state index contributed by atoms with van der Waals surface area (Å²) in [6.45, 7) is 1.92. The predicted molar refractivity (Wildman–Crippen MR) is 86.6 cm³/mol. The molecule has 0 saturated carbocycles. The fourth-order valence-electron chi connectivity index (χ4n) is 2.28. The van der Waals surface area contributed by atoms with Gasteiger partial charge in [-0.15, -0.1) is 11.3 Å². The predicted octanol–water partition coefficient (Wildman–Crippen LogP) is 4.71. The Labute approximate surface area is 131 Å². The van der Waals surface area contributed by atoms with Gasteiger partial charge in [0.05, 0.1) is 7.11 Å². The van der Waals surface area contributed by atoms with Crippen LogP contribution in [0, 0.1) is 6.92 Å². The SMILES string of the molecule is COc1cc2sc(C(=O)O)c(Oc3ccccc3)c2cc1C. The molecule has 112 valence electrons. The highest BCUT2D eigenvalue weighted by Crippen LogP contribution is 2.42. The van der Waals surface area contributed by atoms with Crippen LogP contribution in [0.3, 0.4) is 0 Å². The number of hydrogen-bond acceptors (Lipinski definition) is 4. The smallest absolute Gasteiger partial charge is 0.349 e. The van der Waals surface area contributed by atoms with E-state index in [1.807, 2.05) is 37.3 Å². The zero-order valence-corrected chi connectivity index (χ0v) is 12.9. The quantitative estimate of drug-likeness (QED) is 0.758. The number of ether oxygens (including phenoxy) is 2. The highest BCUT2D eigenvalue weighted by Gasteiger charge is 2.21. The number of hydrogen-bond donors (Lipinski definition) is 1. The van der Waals surface area contributed by atoms with E-state index in [1.165, 1.54) is 11.3 Å². The second kappa shape index (κ2) is 5.69. The van der Waals surface area contributed by atoms with Crippen molar-refractivity contribution in [2.75, 3.05) is 7.11 Å². The number of aryl methyl sites for hydroxylation is 1. The lowest BCUT2D eigenvalue weighted by atomic mass is 10.1. The lowest BCUT2D eigenvalue weighted by Gasteiger charge is -2.07. The summed E-state index contributed by atoms with van der Waals surface area (Å²) in [5.41, 5.74) is 0.933. The van der Waals surface area contributed by atoms with Crippen LogP contribution < -0.4 is 9.47 Å². The Bertz CT molecular complexity index is 837. The summed E-state index contributed by atoms with van der Waals surface area (Å²) >= 11 is 1.18. The van der Waals surface area contributed by atoms with Gasteiger partial charge in [-0.25, -0.2) is 4.79 Å². The van der Waals surface area contributed by atoms with E-state index in [-0.39, 0.29) is 4.88 Å². The maximum absolute atomic E-state index is 11.5. The van der Waals surface area contributed by atoms with Crippen molar-refractivity contribution in [1.29, 1.82) is 0 Å². The Morgan fingerprint density at radius 1 is 1.18 bits per heavy atom. The standard InChI is InChI=1S/C17H14O4S/c1-10-8-12-14(9-13(10)20-2)22-16(17(18)19)15(12)21-11-6-4-3-5-7-11/h3-9H,1-2H3,(H,18,19). The number of para-hydroxylation sites is 1. The molecule has 0 aliphatic rings. The molecule has 0 atom stereocenters. The van der Waals surface area contributed by atoms with Crippen molar-refractivity contribution in [3.63, 3.8) is 0 Å². The summed E-state index contributed by atoms with van der Waals surface area (Å²) in [5.74, 6) is 0.725. The maximum Gasteiger partial charge on any atom is 0.349 e. The van der Waals surface area contributed by atoms with Gasteiger partial charge >= 0.3 is 5.97 Å². The first-order chi connectivity index (χ1) is 10.6. The van der Waals surface area contributed by atoms with E-state index < -0.39 is 5.97 Å². The molecule has 1 N–H and O–H groups in total. The van der Waals surface area contributed by atoms with E-state index in [9.17, 15) is 9.90 Å². The van der Waals surface area contributed by atoms with E-state index in [2.05, 4.69) is 0 Å². The summed E-state index contributed by atoms with van der Waals surface area (Å²) in [6, 6.07) is 12.9. The van der Waals surface area contributed by atoms with Crippen LogP contribution in [0.25, 0.3) is 10.1 Å². The molecule has 4 nitrogen and oxygen atoms in total. The molecule has 2 aromatic carbocycles. The van der Waals surface area contributed by atoms with Gasteiger partial charge in [0.2, 0.25) is 0 Å². The fourth-order valence-corrected chi connectivity index (χ4v) is 3.26. The largest absolute Gasteiger partial charge is 0.496 e. The second-order valence-corrected chi connectivity index (χ2v) is 5.85. The molecule has 3 rings (SSSR count). The number of carboxylic acid groups (broad SMARTS) is 1. The van der Waals surface area contributed by atoms with E-state index >= 15 is 0 Å². The third-order valence-corrected chi connectivity index (χ3v) is 4.44. The minimum Gasteiger partial charge on any atom is -0.496 e. The summed E-state index contributed by atoms with van der Waals surface area (Å²) < 4.78 is 12.0. The fraction of sp³-hybridized carbons (Fsp3) is 0.118. The molecule has 0 aliphatic carbocycles. The first kappa shape index (κ1) is 14.4. The van der Waals surface area contributed by atoms with Crippen LogP contribution in [0.2, 0.25) is 0 Å². The summed E-state index contributed by atoms with van der Waals surface area (Å²) in [7, 11) is 1.60. The van der Waals surface area contributed by atoms with Gasteiger partial charge in [-0.1, -0.05) is 18.2 Å². The molecule has 1 aromatic heterocycles. The number of thiophene rings is 1. The van der Waals surface area contributed by atoms with Crippen LogP contribution in [0.5, 0.6) is 17.2 Å². The molecule has 0 amide bonds. The van der Waals surface area contributed by atoms with Gasteiger partial charge < -0.3 is 14.6 Å². The second-order valence-electron chi connectivity index (χ2n) is 4.80. The number of methoxy groups -OCH3 is 1. The van der Waals surface area contributed by atoms with Crippen LogP contribution in [0.4, 0.5) is 0 Å². The molecular weight excluding hydrogens is 300 g/mol. The molecule has 0 spiro atoms. The first-order valence-corrected chi connectivity index (χ1v) is 7.49. The van der Waals surface area contributed by atoms with E-state index in [1.54, 1.807) is 19.2 Å². The topological polar surface area (TPSA) is 55.8 Å². The summed E-state index contributed by atoms with van der Waals surface area (Å²) in [6.07, 6.45) is 0. The van der Waals surface area contributed by atoms with Gasteiger partial charge in [-0.3, -0.25) is 0 Å². The third kappa shape index (κ3) is 2.51. The molecule has 0 bridgehead atoms. The van der Waals surface area contributed by atoms with E-state index in [4.69, 9.17) is 9.47 Å². The molecule has 5 heteroatoms. The zero-order valence-electron chi connectivity index (χ0n) is 12.1. The van der Waals surface area contributed by atoms with Crippen LogP contribution in [-0.2, 0) is 0 Å². The van der Waals surface area contributed by atoms with Crippen molar-refractivity contribution in [3.05, 3.63) is 52.9 Å². The van der Waals surface area contributed by atoms with Crippen molar-refractivity contribution in [2.24, 2.45) is 0 Å². The number of carbonyl (C=O) groups is 1. The Balaban J connectivity index is 2.19. The van der Waals surface area contributed by atoms with Crippen LogP contribution in [0.1, 0.15) is 15.2 Å². The van der Waals surface area contributed by atoms with Crippen molar-refractivity contribution in [3.8, 4) is 17.2 Å². The highest BCUT2D eigenvalue weighted by atomic mass is 32.1. The molecule has 1 heterocycles. The average molecular weight is 314 g/mol. The van der Waals surface area contributed by atoms with Gasteiger partial charge in [-0.2, -0.15) is 0 Å². The number of aromatic carboxylic acids is 1. The van der Waals surface area contributed by atoms with E-state index in [0.29, 0.717) is 11.5 Å². The van der Waals surface area contributed by atoms with Gasteiger partial charge in [-0.05, 0) is 36.8 Å². The number of benzene rings is 2. The highest BCUT2D eigenvalue weighted by molar-refractivity contribution is 7.21. The molecule has 0 aliphatic heterocycles. The normalized spacial score (nSPS) is 10.6. The van der Waals surface area contributed by atoms with Crippen molar-refractivity contribution in [2.45, 2.75) is 6.92 Å². The number of fused-ring (bicyclic) bond motifs is 1. The van der Waals surface area contributed by atoms with Gasteiger partial charge in [0.15, 0.2) is 10.6 Å². The molecule has 0 saturated heterocycles. The molecule has 0 unspecified atom stereocenters. The van der Waals surface area contributed by atoms with Gasteiger partial charge in [0, 0.05) is 10.1 Å². The Morgan fingerprint density at radius 3 is 2.55 bits per heavy atom. The van der Waals surface area contributed by atoms with Gasteiger partial charge in [0.25, 0.3) is 0 Å². The van der Waals surface area contributed by atoms with Crippen molar-refractivity contribution < 1.29 is 19.4 Å². The van der Waals surface area contributed by atoms with Crippen LogP contribution >= 0.6 is 11.3 Å². The molecule has 22 heavy (non-hydrogen) atoms. The minimum absolute atomic E-state index is 0.187. The van der Waals surface area contributed by atoms with Gasteiger partial charge in [0.1, 0.15) is 11.5 Å². The van der Waals surface area contributed by atoms with E-state index in [0.717, 1.165) is 21.4 Å². The maximum atomic E-state index is 11.5. The number of carboxylic acids is 1. The monoisotopic (exact) mass is 314 g/mol. The molecule has 0 fully saturated rings. The zero-order chi connectivity index (χ0) is 15.7. The van der Waals surface area contributed by atoms with Crippen LogP contribution in [-0.4, -0.2) is 18.2 Å². The first-order valence-electron chi connectivity index (χ1n) is 6.67. The number of rotatable bonds is 4. The minimum atomic E-state index is -0.997. The van der Waals surface area contributed by atoms with Crippen LogP contribution in [0.15, 0.2) is 42.5 Å². The summed E-state index contributed by atoms with van der Waals surface area (Å²) in [5, 5.41) is 10.2. The Morgan fingerprint density at radius 2 is 1.91 bits per heavy atom.